The molecule has 0 spiro atoms. The van der Waals surface area contributed by atoms with Crippen molar-refractivity contribution in [3.8, 4) is 0 Å². The fourth-order valence-electron chi connectivity index (χ4n) is 3.14. The number of fused-ring (bicyclic) bond motifs is 1. The lowest BCUT2D eigenvalue weighted by molar-refractivity contribution is 0.0367. The van der Waals surface area contributed by atoms with E-state index in [-0.39, 0.29) is 6.10 Å². The fraction of sp³-hybridized carbons (Fsp3) is 0.211. The lowest BCUT2D eigenvalue weighted by Gasteiger charge is -2.13. The van der Waals surface area contributed by atoms with Crippen molar-refractivity contribution in [1.82, 2.24) is 9.55 Å². The van der Waals surface area contributed by atoms with Gasteiger partial charge in [-0.1, -0.05) is 60.7 Å². The molecule has 0 saturated carbocycles. The maximum absolute atomic E-state index is 6.14. The van der Waals surface area contributed by atoms with Crippen LogP contribution in [0.4, 0.5) is 0 Å². The smallest absolute Gasteiger partial charge is 0.138 e. The van der Waals surface area contributed by atoms with Crippen molar-refractivity contribution >= 4 is 0 Å². The Labute approximate surface area is 130 Å². The predicted octanol–water partition coefficient (Wildman–Crippen LogP) is 4.13. The van der Waals surface area contributed by atoms with Crippen molar-refractivity contribution in [2.75, 3.05) is 0 Å². The van der Waals surface area contributed by atoms with Crippen LogP contribution in [-0.4, -0.2) is 9.55 Å². The molecule has 0 fully saturated rings. The van der Waals surface area contributed by atoms with Crippen LogP contribution in [0.2, 0.25) is 0 Å². The second-order valence-electron chi connectivity index (χ2n) is 5.64. The number of ether oxygens (including phenoxy) is 1. The number of rotatable bonds is 4. The Kier molecular flexibility index (Phi) is 3.49. The van der Waals surface area contributed by atoms with Crippen LogP contribution in [-0.2, 0) is 11.3 Å². The van der Waals surface area contributed by atoms with Gasteiger partial charge in [-0.3, -0.25) is 0 Å². The van der Waals surface area contributed by atoms with Crippen molar-refractivity contribution in [2.24, 2.45) is 0 Å². The monoisotopic (exact) mass is 290 g/mol. The highest BCUT2D eigenvalue weighted by atomic mass is 16.5. The molecular weight excluding hydrogens is 272 g/mol. The number of imidazole rings is 1. The van der Waals surface area contributed by atoms with E-state index in [2.05, 4.69) is 58.2 Å². The topological polar surface area (TPSA) is 27.1 Å². The van der Waals surface area contributed by atoms with Crippen LogP contribution < -0.4 is 0 Å². The molecule has 4 rings (SSSR count). The molecule has 3 heteroatoms. The fourth-order valence-corrected chi connectivity index (χ4v) is 3.14. The molecule has 1 aliphatic heterocycles. The van der Waals surface area contributed by atoms with E-state index in [1.807, 2.05) is 24.4 Å². The molecule has 0 bridgehead atoms. The molecule has 3 aromatic rings. The van der Waals surface area contributed by atoms with Crippen LogP contribution >= 0.6 is 0 Å². The molecule has 1 aromatic heterocycles. The van der Waals surface area contributed by atoms with Gasteiger partial charge in [0.05, 0.1) is 12.6 Å². The van der Waals surface area contributed by atoms with E-state index in [0.717, 1.165) is 12.2 Å². The Balaban J connectivity index is 1.54. The lowest BCUT2D eigenvalue weighted by Crippen LogP contribution is -2.03. The van der Waals surface area contributed by atoms with Crippen LogP contribution in [0, 0.1) is 0 Å². The minimum absolute atomic E-state index is 0.0559. The highest BCUT2D eigenvalue weighted by Gasteiger charge is 2.33. The van der Waals surface area contributed by atoms with E-state index in [1.165, 1.54) is 11.1 Å². The molecule has 2 atom stereocenters. The Morgan fingerprint density at radius 1 is 1.00 bits per heavy atom. The maximum Gasteiger partial charge on any atom is 0.138 e. The molecule has 0 unspecified atom stereocenters. The van der Waals surface area contributed by atoms with Gasteiger partial charge in [-0.15, -0.1) is 0 Å². The molecule has 0 aliphatic carbocycles. The van der Waals surface area contributed by atoms with Crippen LogP contribution in [0.5, 0.6) is 0 Å². The summed E-state index contributed by atoms with van der Waals surface area (Å²) in [7, 11) is 0. The standard InChI is InChI=1S/C19H18N2O/c1-3-7-15(8-4-1)14-22-18-13-17(16-9-5-2-6-10-16)21-12-11-20-19(18)21/h1-12,17-18H,13-14H2/t17-,18+/m1/s1. The Bertz CT molecular complexity index is 736. The highest BCUT2D eigenvalue weighted by Crippen LogP contribution is 2.39. The maximum atomic E-state index is 6.14. The number of benzene rings is 2. The summed E-state index contributed by atoms with van der Waals surface area (Å²) in [6.45, 7) is 0.625. The Hall–Kier alpha value is -2.39. The zero-order chi connectivity index (χ0) is 14.8. The van der Waals surface area contributed by atoms with Gasteiger partial charge in [0, 0.05) is 18.8 Å². The first kappa shape index (κ1) is 13.3. The zero-order valence-electron chi connectivity index (χ0n) is 12.3. The first-order chi connectivity index (χ1) is 10.9. The molecule has 0 radical (unpaired) electrons. The summed E-state index contributed by atoms with van der Waals surface area (Å²) in [5.41, 5.74) is 2.51. The largest absolute Gasteiger partial charge is 0.366 e. The first-order valence-corrected chi connectivity index (χ1v) is 7.65. The molecule has 110 valence electrons. The molecule has 2 heterocycles. The van der Waals surface area contributed by atoms with Crippen molar-refractivity contribution in [2.45, 2.75) is 25.2 Å². The molecule has 22 heavy (non-hydrogen) atoms. The number of nitrogens with zero attached hydrogens (tertiary/aromatic N) is 2. The third-order valence-electron chi connectivity index (χ3n) is 4.24. The van der Waals surface area contributed by atoms with Gasteiger partial charge in [0.2, 0.25) is 0 Å². The molecular formula is C19H18N2O. The second-order valence-corrected chi connectivity index (χ2v) is 5.64. The van der Waals surface area contributed by atoms with E-state index in [4.69, 9.17) is 4.74 Å². The molecule has 1 aliphatic rings. The van der Waals surface area contributed by atoms with Crippen molar-refractivity contribution in [3.05, 3.63) is 90.0 Å². The van der Waals surface area contributed by atoms with Crippen molar-refractivity contribution < 1.29 is 4.74 Å². The van der Waals surface area contributed by atoms with Gasteiger partial charge in [0.15, 0.2) is 0 Å². The third-order valence-corrected chi connectivity index (χ3v) is 4.24. The van der Waals surface area contributed by atoms with Gasteiger partial charge in [-0.2, -0.15) is 0 Å². The van der Waals surface area contributed by atoms with Gasteiger partial charge in [0.25, 0.3) is 0 Å². The Morgan fingerprint density at radius 2 is 1.73 bits per heavy atom. The quantitative estimate of drug-likeness (QED) is 0.722. The summed E-state index contributed by atoms with van der Waals surface area (Å²) in [6.07, 6.45) is 4.92. The van der Waals surface area contributed by atoms with Crippen LogP contribution in [0.25, 0.3) is 0 Å². The van der Waals surface area contributed by atoms with E-state index < -0.39 is 0 Å². The normalized spacial score (nSPS) is 20.0. The van der Waals surface area contributed by atoms with E-state index >= 15 is 0 Å². The van der Waals surface area contributed by atoms with E-state index in [0.29, 0.717) is 12.6 Å². The highest BCUT2D eigenvalue weighted by molar-refractivity contribution is 5.24. The lowest BCUT2D eigenvalue weighted by atomic mass is 10.0. The van der Waals surface area contributed by atoms with Crippen molar-refractivity contribution in [1.29, 1.82) is 0 Å². The summed E-state index contributed by atoms with van der Waals surface area (Å²) in [4.78, 5) is 4.50. The van der Waals surface area contributed by atoms with Gasteiger partial charge in [-0.25, -0.2) is 4.98 Å². The average molecular weight is 290 g/mol. The number of hydrogen-bond acceptors (Lipinski definition) is 2. The summed E-state index contributed by atoms with van der Waals surface area (Å²) in [6, 6.07) is 21.2. The molecule has 2 aromatic carbocycles. The SMILES string of the molecule is c1ccc(CO[C@H]2C[C@H](c3ccccc3)n3ccnc32)cc1. The van der Waals surface area contributed by atoms with Gasteiger partial charge >= 0.3 is 0 Å². The third kappa shape index (κ3) is 2.44. The predicted molar refractivity (Wildman–Crippen MR) is 85.4 cm³/mol. The van der Waals surface area contributed by atoms with E-state index in [1.54, 1.807) is 0 Å². The summed E-state index contributed by atoms with van der Waals surface area (Å²) < 4.78 is 8.38. The average Bonchev–Trinajstić information content (AvgIpc) is 3.17. The minimum atomic E-state index is 0.0559. The number of hydrogen-bond donors (Lipinski definition) is 0. The first-order valence-electron chi connectivity index (χ1n) is 7.65. The molecule has 0 amide bonds. The molecule has 3 nitrogen and oxygen atoms in total. The summed E-state index contributed by atoms with van der Waals surface area (Å²) in [5, 5.41) is 0. The summed E-state index contributed by atoms with van der Waals surface area (Å²) >= 11 is 0. The van der Waals surface area contributed by atoms with Crippen LogP contribution in [0.1, 0.15) is 35.5 Å². The number of aromatic nitrogens is 2. The minimum Gasteiger partial charge on any atom is -0.366 e. The van der Waals surface area contributed by atoms with Crippen LogP contribution in [0.3, 0.4) is 0 Å². The Morgan fingerprint density at radius 3 is 2.50 bits per heavy atom. The summed E-state index contributed by atoms with van der Waals surface area (Å²) in [5.74, 6) is 1.03. The molecule has 0 N–H and O–H groups in total. The second kappa shape index (κ2) is 5.78. The van der Waals surface area contributed by atoms with E-state index in [9.17, 15) is 0 Å². The van der Waals surface area contributed by atoms with Gasteiger partial charge in [-0.05, 0) is 11.1 Å². The van der Waals surface area contributed by atoms with Crippen LogP contribution in [0.15, 0.2) is 73.1 Å². The zero-order valence-corrected chi connectivity index (χ0v) is 12.3. The van der Waals surface area contributed by atoms with Crippen molar-refractivity contribution in [3.63, 3.8) is 0 Å². The van der Waals surface area contributed by atoms with Gasteiger partial charge < -0.3 is 9.30 Å². The van der Waals surface area contributed by atoms with Gasteiger partial charge in [0.1, 0.15) is 11.9 Å². The molecule has 0 saturated heterocycles.